The number of ether oxygens (including phenoxy) is 2. The number of nitrogens with one attached hydrogen (secondary N) is 1. The van der Waals surface area contributed by atoms with Crippen LogP contribution in [0.2, 0.25) is 0 Å². The summed E-state index contributed by atoms with van der Waals surface area (Å²) in [7, 11) is 0. The summed E-state index contributed by atoms with van der Waals surface area (Å²) >= 11 is 0. The van der Waals surface area contributed by atoms with Gasteiger partial charge in [-0.2, -0.15) is 0 Å². The highest BCUT2D eigenvalue weighted by atomic mass is 19.3. The summed E-state index contributed by atoms with van der Waals surface area (Å²) in [5.74, 6) is -0.216. The number of carbonyl (C=O) groups excluding carboxylic acids is 1. The zero-order chi connectivity index (χ0) is 20.2. The lowest BCUT2D eigenvalue weighted by Gasteiger charge is -2.31. The van der Waals surface area contributed by atoms with Crippen molar-refractivity contribution in [1.82, 2.24) is 10.4 Å². The lowest BCUT2D eigenvalue weighted by atomic mass is 10.1. The third-order valence-corrected chi connectivity index (χ3v) is 3.74. The number of halogens is 4. The number of allylic oxidation sites excluding steroid dienone is 1. The summed E-state index contributed by atoms with van der Waals surface area (Å²) < 4.78 is 62.8. The van der Waals surface area contributed by atoms with Crippen molar-refractivity contribution in [3.8, 4) is 11.5 Å². The van der Waals surface area contributed by atoms with E-state index in [1.165, 1.54) is 12.1 Å². The molecule has 1 amide bonds. The smallest absolute Gasteiger partial charge is 0.291 e. The van der Waals surface area contributed by atoms with Gasteiger partial charge < -0.3 is 14.6 Å². The maximum absolute atomic E-state index is 13.2. The molecule has 6 nitrogen and oxygen atoms in total. The first-order valence-electron chi connectivity index (χ1n) is 8.22. The number of nitrogens with zero attached hydrogens (tertiary/aromatic N) is 1. The van der Waals surface area contributed by atoms with Gasteiger partial charge in [-0.3, -0.25) is 10.2 Å². The lowest BCUT2D eigenvalue weighted by molar-refractivity contribution is -0.182. The molecule has 1 heterocycles. The van der Waals surface area contributed by atoms with Gasteiger partial charge in [0.05, 0.1) is 25.3 Å². The molecule has 0 bridgehead atoms. The van der Waals surface area contributed by atoms with Gasteiger partial charge in [-0.15, -0.1) is 0 Å². The van der Waals surface area contributed by atoms with E-state index in [0.29, 0.717) is 30.3 Å². The van der Waals surface area contributed by atoms with Crippen LogP contribution in [0.1, 0.15) is 19.4 Å². The third kappa shape index (κ3) is 4.44. The number of aliphatic hydroxyl groups is 1. The number of hydrogen-bond donors (Lipinski definition) is 2. The normalized spacial score (nSPS) is 19.3. The molecular weight excluding hydrogens is 372 g/mol. The Morgan fingerprint density at radius 2 is 1.81 bits per heavy atom. The van der Waals surface area contributed by atoms with Crippen LogP contribution in [0.15, 0.2) is 30.0 Å². The van der Waals surface area contributed by atoms with E-state index in [1.807, 2.05) is 5.43 Å². The van der Waals surface area contributed by atoms with Crippen molar-refractivity contribution >= 4 is 5.91 Å². The highest BCUT2D eigenvalue weighted by Crippen LogP contribution is 2.32. The molecule has 0 saturated carbocycles. The molecular formula is C17H20F4N2O4. The molecule has 2 rings (SSSR count). The molecule has 0 aliphatic carbocycles. The average Bonchev–Trinajstić information content (AvgIpc) is 2.97. The zero-order valence-corrected chi connectivity index (χ0v) is 14.7. The van der Waals surface area contributed by atoms with Crippen molar-refractivity contribution < 1.29 is 36.9 Å². The fourth-order valence-electron chi connectivity index (χ4n) is 2.54. The summed E-state index contributed by atoms with van der Waals surface area (Å²) in [4.78, 5) is 12.4. The Morgan fingerprint density at radius 3 is 2.37 bits per heavy atom. The number of amides is 1. The van der Waals surface area contributed by atoms with Crippen LogP contribution in [-0.4, -0.2) is 47.8 Å². The highest BCUT2D eigenvalue weighted by molar-refractivity contribution is 5.80. The summed E-state index contributed by atoms with van der Waals surface area (Å²) in [5.41, 5.74) is -1.89. The van der Waals surface area contributed by atoms with Crippen LogP contribution in [-0.2, 0) is 11.2 Å². The molecule has 0 spiro atoms. The maximum Gasteiger partial charge on any atom is 0.291 e. The first-order valence-corrected chi connectivity index (χ1v) is 8.22. The number of hydrogen-bond acceptors (Lipinski definition) is 5. The van der Waals surface area contributed by atoms with Crippen molar-refractivity contribution in [2.45, 2.75) is 38.8 Å². The molecule has 1 aromatic rings. The van der Waals surface area contributed by atoms with Gasteiger partial charge in [0, 0.05) is 6.08 Å². The van der Waals surface area contributed by atoms with Crippen molar-refractivity contribution in [1.29, 1.82) is 0 Å². The number of benzene rings is 1. The molecule has 1 unspecified atom stereocenters. The van der Waals surface area contributed by atoms with E-state index >= 15 is 0 Å². The van der Waals surface area contributed by atoms with Crippen molar-refractivity contribution in [2.75, 3.05) is 13.2 Å². The predicted molar refractivity (Wildman–Crippen MR) is 87.5 cm³/mol. The largest absolute Gasteiger partial charge is 0.490 e. The molecule has 2 N–H and O–H groups in total. The molecule has 10 heteroatoms. The Balaban J connectivity index is 2.22. The maximum atomic E-state index is 13.2. The molecule has 27 heavy (non-hydrogen) atoms. The molecule has 150 valence electrons. The number of alkyl halides is 4. The second-order valence-corrected chi connectivity index (χ2v) is 5.65. The topological polar surface area (TPSA) is 71.0 Å². The second kappa shape index (κ2) is 8.47. The first kappa shape index (κ1) is 20.8. The fourth-order valence-corrected chi connectivity index (χ4v) is 2.54. The molecule has 0 saturated heterocycles. The van der Waals surface area contributed by atoms with Gasteiger partial charge >= 0.3 is 0 Å². The van der Waals surface area contributed by atoms with Crippen molar-refractivity contribution in [2.24, 2.45) is 0 Å². The van der Waals surface area contributed by atoms with E-state index < -0.39 is 36.6 Å². The fraction of sp³-hybridized carbons (Fsp3) is 0.471. The number of carbonyl (C=O) groups is 1. The van der Waals surface area contributed by atoms with Crippen molar-refractivity contribution in [3.05, 3.63) is 35.5 Å². The van der Waals surface area contributed by atoms with E-state index in [1.54, 1.807) is 19.9 Å². The number of rotatable bonds is 8. The first-order chi connectivity index (χ1) is 12.7. The van der Waals surface area contributed by atoms with Crippen molar-refractivity contribution in [3.63, 3.8) is 0 Å². The van der Waals surface area contributed by atoms with Crippen LogP contribution in [0.25, 0.3) is 0 Å². The minimum Gasteiger partial charge on any atom is -0.490 e. The molecule has 1 atom stereocenters. The molecule has 0 aromatic heterocycles. The summed E-state index contributed by atoms with van der Waals surface area (Å²) in [5, 5.41) is 10.1. The minimum absolute atomic E-state index is 0.121. The van der Waals surface area contributed by atoms with E-state index in [0.717, 1.165) is 0 Å². The Hall–Kier alpha value is -2.49. The second-order valence-electron chi connectivity index (χ2n) is 5.65. The van der Waals surface area contributed by atoms with Gasteiger partial charge in [0.25, 0.3) is 12.9 Å². The van der Waals surface area contributed by atoms with Crippen LogP contribution in [0, 0.1) is 0 Å². The van der Waals surface area contributed by atoms with E-state index in [-0.39, 0.29) is 11.1 Å². The monoisotopic (exact) mass is 392 g/mol. The SMILES string of the molecule is CCOc1ccc(CC(=O)N2NC(C(F)F)=CC2(O)C(F)F)cc1OCC. The molecule has 1 aromatic carbocycles. The predicted octanol–water partition coefficient (Wildman–Crippen LogP) is 2.48. The van der Waals surface area contributed by atoms with E-state index in [4.69, 9.17) is 9.47 Å². The van der Waals surface area contributed by atoms with Gasteiger partial charge in [-0.05, 0) is 31.5 Å². The Labute approximate surface area is 153 Å². The Kier molecular flexibility index (Phi) is 6.53. The standard InChI is InChI=1S/C17H20F4N2O4/c1-3-26-12-6-5-10(7-13(12)27-4-2)8-14(24)23-17(25,16(20)21)9-11(22-23)15(18)19/h5-7,9,15-16,22,25H,3-4,8H2,1-2H3. The Bertz CT molecular complexity index is 714. The molecule has 1 aliphatic rings. The van der Waals surface area contributed by atoms with Crippen LogP contribution in [0.5, 0.6) is 11.5 Å². The summed E-state index contributed by atoms with van der Waals surface area (Å²) in [6.45, 7) is 4.25. The van der Waals surface area contributed by atoms with E-state index in [9.17, 15) is 27.5 Å². The van der Waals surface area contributed by atoms with Crippen LogP contribution in [0.3, 0.4) is 0 Å². The number of hydrazine groups is 1. The van der Waals surface area contributed by atoms with Gasteiger partial charge in [0.15, 0.2) is 11.5 Å². The van der Waals surface area contributed by atoms with Gasteiger partial charge in [0.2, 0.25) is 11.6 Å². The third-order valence-electron chi connectivity index (χ3n) is 3.74. The quantitative estimate of drug-likeness (QED) is 0.666. The van der Waals surface area contributed by atoms with Crippen LogP contribution in [0.4, 0.5) is 17.6 Å². The lowest BCUT2D eigenvalue weighted by Crippen LogP contribution is -2.57. The average molecular weight is 392 g/mol. The van der Waals surface area contributed by atoms with Gasteiger partial charge in [-0.25, -0.2) is 22.6 Å². The zero-order valence-electron chi connectivity index (χ0n) is 14.7. The van der Waals surface area contributed by atoms with Gasteiger partial charge in [0.1, 0.15) is 0 Å². The molecule has 0 radical (unpaired) electrons. The molecule has 0 fully saturated rings. The van der Waals surface area contributed by atoms with E-state index in [2.05, 4.69) is 0 Å². The van der Waals surface area contributed by atoms with Crippen LogP contribution < -0.4 is 14.9 Å². The molecule has 1 aliphatic heterocycles. The van der Waals surface area contributed by atoms with Gasteiger partial charge in [-0.1, -0.05) is 6.07 Å². The summed E-state index contributed by atoms with van der Waals surface area (Å²) in [6, 6.07) is 4.56. The Morgan fingerprint density at radius 1 is 1.19 bits per heavy atom. The highest BCUT2D eigenvalue weighted by Gasteiger charge is 2.50. The summed E-state index contributed by atoms with van der Waals surface area (Å²) in [6.07, 6.45) is -6.81. The van der Waals surface area contributed by atoms with Crippen LogP contribution >= 0.6 is 0 Å². The minimum atomic E-state index is -3.48.